The third-order valence-electron chi connectivity index (χ3n) is 3.61. The van der Waals surface area contributed by atoms with Crippen LogP contribution in [0.1, 0.15) is 31.1 Å². The summed E-state index contributed by atoms with van der Waals surface area (Å²) in [5, 5.41) is 0.808. The Morgan fingerprint density at radius 2 is 1.77 bits per heavy atom. The third kappa shape index (κ3) is 2.62. The first kappa shape index (κ1) is 14.4. The van der Waals surface area contributed by atoms with E-state index >= 15 is 0 Å². The molecule has 0 radical (unpaired) electrons. The van der Waals surface area contributed by atoms with Gasteiger partial charge in [-0.1, -0.05) is 51.1 Å². The van der Waals surface area contributed by atoms with E-state index in [4.69, 9.17) is 0 Å². The van der Waals surface area contributed by atoms with Gasteiger partial charge in [-0.05, 0) is 12.1 Å². The molecule has 0 aliphatic heterocycles. The predicted molar refractivity (Wildman–Crippen MR) is 88.8 cm³/mol. The highest BCUT2D eigenvalue weighted by molar-refractivity contribution is 6.10. The van der Waals surface area contributed by atoms with Crippen molar-refractivity contribution in [3.05, 3.63) is 60.4 Å². The lowest BCUT2D eigenvalue weighted by Gasteiger charge is -2.18. The second-order valence-corrected chi connectivity index (χ2v) is 6.39. The molecular weight excluding hydrogens is 272 g/mol. The summed E-state index contributed by atoms with van der Waals surface area (Å²) >= 11 is 0. The van der Waals surface area contributed by atoms with Crippen LogP contribution in [0.15, 0.2) is 54.9 Å². The Morgan fingerprint density at radius 3 is 2.45 bits per heavy atom. The normalized spacial score (nSPS) is 11.6. The minimum absolute atomic E-state index is 0.102. The first-order valence-electron chi connectivity index (χ1n) is 7.32. The van der Waals surface area contributed by atoms with Gasteiger partial charge in [-0.15, -0.1) is 0 Å². The molecule has 3 aromatic rings. The number of pyridine rings is 2. The quantitative estimate of drug-likeness (QED) is 0.651. The average molecular weight is 290 g/mol. The van der Waals surface area contributed by atoms with Crippen LogP contribution in [0.25, 0.3) is 22.2 Å². The van der Waals surface area contributed by atoms with E-state index in [9.17, 15) is 4.79 Å². The zero-order chi connectivity index (χ0) is 15.7. The second-order valence-electron chi connectivity index (χ2n) is 6.39. The number of fused-ring (bicyclic) bond motifs is 1. The highest BCUT2D eigenvalue weighted by Crippen LogP contribution is 2.29. The molecule has 2 heterocycles. The first-order valence-corrected chi connectivity index (χ1v) is 7.32. The van der Waals surface area contributed by atoms with Crippen molar-refractivity contribution in [2.24, 2.45) is 5.41 Å². The average Bonchev–Trinajstić information content (AvgIpc) is 2.53. The van der Waals surface area contributed by atoms with Gasteiger partial charge in [0.05, 0.1) is 11.2 Å². The van der Waals surface area contributed by atoms with E-state index in [1.807, 2.05) is 63.2 Å². The smallest absolute Gasteiger partial charge is 0.168 e. The number of carbonyl (C=O) groups is 1. The Balaban J connectivity index is 2.28. The summed E-state index contributed by atoms with van der Waals surface area (Å²) in [6.07, 6.45) is 3.42. The van der Waals surface area contributed by atoms with E-state index in [0.717, 1.165) is 22.2 Å². The van der Waals surface area contributed by atoms with E-state index in [1.165, 1.54) is 0 Å². The Hall–Kier alpha value is -2.55. The number of carbonyl (C=O) groups excluding carboxylic acids is 1. The zero-order valence-corrected chi connectivity index (χ0v) is 13.0. The van der Waals surface area contributed by atoms with Crippen molar-refractivity contribution in [3.8, 4) is 11.3 Å². The number of hydrogen-bond donors (Lipinski definition) is 0. The fourth-order valence-electron chi connectivity index (χ4n) is 2.42. The molecule has 0 unspecified atom stereocenters. The van der Waals surface area contributed by atoms with Crippen LogP contribution in [0.4, 0.5) is 0 Å². The monoisotopic (exact) mass is 290 g/mol. The van der Waals surface area contributed by atoms with Gasteiger partial charge in [0, 0.05) is 34.3 Å². The van der Waals surface area contributed by atoms with Gasteiger partial charge >= 0.3 is 0 Å². The van der Waals surface area contributed by atoms with Crippen molar-refractivity contribution in [1.29, 1.82) is 0 Å². The van der Waals surface area contributed by atoms with Crippen LogP contribution in [0, 0.1) is 5.41 Å². The molecule has 0 saturated heterocycles. The van der Waals surface area contributed by atoms with Crippen LogP contribution in [0.2, 0.25) is 0 Å². The first-order chi connectivity index (χ1) is 10.5. The number of ketones is 1. The van der Waals surface area contributed by atoms with Gasteiger partial charge in [-0.3, -0.25) is 9.78 Å². The predicted octanol–water partition coefficient (Wildman–Crippen LogP) is 4.53. The maximum absolute atomic E-state index is 12.8. The van der Waals surface area contributed by atoms with Crippen molar-refractivity contribution < 1.29 is 4.79 Å². The lowest BCUT2D eigenvalue weighted by molar-refractivity contribution is 0.0860. The van der Waals surface area contributed by atoms with Gasteiger partial charge in [0.15, 0.2) is 5.78 Å². The Kier molecular flexibility index (Phi) is 3.49. The van der Waals surface area contributed by atoms with Gasteiger partial charge in [0.25, 0.3) is 0 Å². The van der Waals surface area contributed by atoms with Gasteiger partial charge in [0.2, 0.25) is 0 Å². The van der Waals surface area contributed by atoms with Crippen molar-refractivity contribution in [2.75, 3.05) is 0 Å². The Morgan fingerprint density at radius 1 is 1.05 bits per heavy atom. The number of aromatic nitrogens is 2. The number of rotatable bonds is 2. The molecule has 0 aliphatic rings. The van der Waals surface area contributed by atoms with E-state index in [1.54, 1.807) is 12.4 Å². The molecule has 0 spiro atoms. The second kappa shape index (κ2) is 5.34. The molecular formula is C19H18N2O. The number of benzene rings is 1. The summed E-state index contributed by atoms with van der Waals surface area (Å²) in [5.41, 5.74) is 2.85. The maximum atomic E-state index is 12.8. The maximum Gasteiger partial charge on any atom is 0.168 e. The van der Waals surface area contributed by atoms with Crippen LogP contribution >= 0.6 is 0 Å². The molecule has 3 heteroatoms. The number of nitrogens with zero attached hydrogens (tertiary/aromatic N) is 2. The summed E-state index contributed by atoms with van der Waals surface area (Å²) in [6.45, 7) is 5.79. The minimum Gasteiger partial charge on any atom is -0.294 e. The van der Waals surface area contributed by atoms with Gasteiger partial charge in [0.1, 0.15) is 0 Å². The molecule has 0 aliphatic carbocycles. The molecule has 22 heavy (non-hydrogen) atoms. The third-order valence-corrected chi connectivity index (χ3v) is 3.61. The molecule has 0 saturated carbocycles. The van der Waals surface area contributed by atoms with Gasteiger partial charge in [-0.25, -0.2) is 4.98 Å². The lowest BCUT2D eigenvalue weighted by Crippen LogP contribution is -2.20. The summed E-state index contributed by atoms with van der Waals surface area (Å²) in [5.74, 6) is 0.102. The molecule has 3 nitrogen and oxygen atoms in total. The number of hydrogen-bond acceptors (Lipinski definition) is 3. The fraction of sp³-hybridized carbons (Fsp3) is 0.211. The molecule has 1 aromatic carbocycles. The molecule has 0 atom stereocenters. The number of Topliss-reactive ketones (excluding diaryl/α,β-unsaturated/α-hetero) is 1. The van der Waals surface area contributed by atoms with Crippen LogP contribution in [0.3, 0.4) is 0 Å². The summed E-state index contributed by atoms with van der Waals surface area (Å²) in [4.78, 5) is 21.6. The molecule has 0 amide bonds. The van der Waals surface area contributed by atoms with Crippen LogP contribution in [0.5, 0.6) is 0 Å². The Labute approximate surface area is 130 Å². The van der Waals surface area contributed by atoms with E-state index in [-0.39, 0.29) is 5.78 Å². The van der Waals surface area contributed by atoms with Crippen molar-refractivity contribution in [2.45, 2.75) is 20.8 Å². The lowest BCUT2D eigenvalue weighted by atomic mass is 9.85. The summed E-state index contributed by atoms with van der Waals surface area (Å²) in [7, 11) is 0. The fourth-order valence-corrected chi connectivity index (χ4v) is 2.42. The van der Waals surface area contributed by atoms with Gasteiger partial charge in [-0.2, -0.15) is 0 Å². The largest absolute Gasteiger partial charge is 0.294 e. The zero-order valence-electron chi connectivity index (χ0n) is 13.0. The highest BCUT2D eigenvalue weighted by Gasteiger charge is 2.25. The molecule has 3 rings (SSSR count). The van der Waals surface area contributed by atoms with E-state index < -0.39 is 5.41 Å². The molecule has 0 bridgehead atoms. The molecule has 2 aromatic heterocycles. The van der Waals surface area contributed by atoms with Crippen molar-refractivity contribution >= 4 is 16.7 Å². The van der Waals surface area contributed by atoms with Crippen molar-refractivity contribution in [3.63, 3.8) is 0 Å². The standard InChI is InChI=1S/C19H18N2O/c1-19(2,3)18(22)14-11-17(13-7-5-4-6-8-13)21-16-9-10-20-12-15(14)16/h4-12H,1-3H3. The highest BCUT2D eigenvalue weighted by atomic mass is 16.1. The molecule has 0 fully saturated rings. The topological polar surface area (TPSA) is 42.9 Å². The summed E-state index contributed by atoms with van der Waals surface area (Å²) in [6, 6.07) is 13.6. The van der Waals surface area contributed by atoms with Crippen LogP contribution in [-0.2, 0) is 0 Å². The van der Waals surface area contributed by atoms with Crippen molar-refractivity contribution in [1.82, 2.24) is 9.97 Å². The van der Waals surface area contributed by atoms with Gasteiger partial charge < -0.3 is 0 Å². The minimum atomic E-state index is -0.446. The van der Waals surface area contributed by atoms with E-state index in [0.29, 0.717) is 5.56 Å². The SMILES string of the molecule is CC(C)(C)C(=O)c1cc(-c2ccccc2)nc2ccncc12. The van der Waals surface area contributed by atoms with Crippen LogP contribution in [-0.4, -0.2) is 15.8 Å². The molecule has 0 N–H and O–H groups in total. The molecule has 110 valence electrons. The Bertz CT molecular complexity index is 833. The van der Waals surface area contributed by atoms with E-state index in [2.05, 4.69) is 9.97 Å². The summed E-state index contributed by atoms with van der Waals surface area (Å²) < 4.78 is 0. The van der Waals surface area contributed by atoms with Crippen LogP contribution < -0.4 is 0 Å².